The molecule has 0 N–H and O–H groups in total. The van der Waals surface area contributed by atoms with Crippen LogP contribution in [0.5, 0.6) is 0 Å². The summed E-state index contributed by atoms with van der Waals surface area (Å²) in [6, 6.07) is 95.1. The smallest absolute Gasteiger partial charge is 0.0503 e. The molecule has 4 heteroatoms. The summed E-state index contributed by atoms with van der Waals surface area (Å²) in [5, 5.41) is 5.08. The van der Waals surface area contributed by atoms with Gasteiger partial charge in [0.2, 0.25) is 0 Å². The van der Waals surface area contributed by atoms with Crippen LogP contribution in [0.2, 0.25) is 0 Å². The van der Waals surface area contributed by atoms with Crippen molar-refractivity contribution in [3.8, 4) is 22.3 Å². The maximum absolute atomic E-state index is 2.41. The fraction of sp³-hybridized carbons (Fsp3) is 0.0303. The molecule has 0 aliphatic heterocycles. The molecule has 0 aliphatic carbocycles. The molecule has 0 saturated heterocycles. The number of fused-ring (bicyclic) bond motifs is 4. The predicted octanol–water partition coefficient (Wildman–Crippen LogP) is 19.6. The lowest BCUT2D eigenvalue weighted by Gasteiger charge is -2.33. The summed E-state index contributed by atoms with van der Waals surface area (Å²) in [5.41, 5.74) is 16.6. The molecule has 1 aromatic heterocycles. The van der Waals surface area contributed by atoms with Crippen LogP contribution in [0.3, 0.4) is 0 Å². The lowest BCUT2D eigenvalue weighted by atomic mass is 9.98. The molecule has 0 unspecified atom stereocenters. The van der Waals surface area contributed by atoms with E-state index in [-0.39, 0.29) is 0 Å². The fourth-order valence-corrected chi connectivity index (χ4v) is 11.1. The largest absolute Gasteiger partial charge is 0.310 e. The van der Waals surface area contributed by atoms with Crippen molar-refractivity contribution in [1.82, 2.24) is 0 Å². The van der Waals surface area contributed by atoms with E-state index < -0.39 is 0 Å². The molecule has 70 heavy (non-hydrogen) atoms. The van der Waals surface area contributed by atoms with E-state index >= 15 is 0 Å². The molecule has 11 aromatic carbocycles. The van der Waals surface area contributed by atoms with Crippen molar-refractivity contribution < 1.29 is 0 Å². The molecular formula is C66H49N3S. The first-order valence-corrected chi connectivity index (χ1v) is 24.7. The number of rotatable bonds is 11. The monoisotopic (exact) mass is 915 g/mol. The van der Waals surface area contributed by atoms with Crippen molar-refractivity contribution >= 4 is 93.5 Å². The number of para-hydroxylation sites is 2. The predicted molar refractivity (Wildman–Crippen MR) is 301 cm³/mol. The molecule has 0 bridgehead atoms. The van der Waals surface area contributed by atoms with Crippen LogP contribution in [0.1, 0.15) is 11.1 Å². The minimum atomic E-state index is 1.02. The van der Waals surface area contributed by atoms with Gasteiger partial charge in [0.15, 0.2) is 0 Å². The zero-order chi connectivity index (χ0) is 47.0. The van der Waals surface area contributed by atoms with E-state index in [9.17, 15) is 0 Å². The van der Waals surface area contributed by atoms with Crippen LogP contribution >= 0.6 is 11.3 Å². The Balaban J connectivity index is 1.08. The summed E-state index contributed by atoms with van der Waals surface area (Å²) in [6.07, 6.45) is 0. The standard InChI is InChI=1S/C66H49N3S/c1-46-16-13-24-56(40-46)68(52-20-5-3-6-21-52)59-43-58(44-60(45-59)69(53-22-7-4-8-23-53)57-25-14-17-47(2)41-57)67(55-37-32-50(33-38-55)62-28-15-19-49-18-9-10-26-61(49)62)54-35-30-48(31-36-54)51-34-39-66-64(42-51)63-27-11-12-29-65(63)70-66/h3-45H,1-2H3. The van der Waals surface area contributed by atoms with Crippen LogP contribution in [0.15, 0.2) is 261 Å². The van der Waals surface area contributed by atoms with Gasteiger partial charge < -0.3 is 14.7 Å². The lowest BCUT2D eigenvalue weighted by molar-refractivity contribution is 1.22. The molecule has 0 atom stereocenters. The van der Waals surface area contributed by atoms with Crippen molar-refractivity contribution in [2.75, 3.05) is 14.7 Å². The second kappa shape index (κ2) is 18.4. The van der Waals surface area contributed by atoms with Gasteiger partial charge in [0, 0.05) is 54.3 Å². The number of nitrogens with zero attached hydrogens (tertiary/aromatic N) is 3. The van der Waals surface area contributed by atoms with Crippen LogP contribution < -0.4 is 14.7 Å². The maximum atomic E-state index is 2.41. The highest BCUT2D eigenvalue weighted by Crippen LogP contribution is 2.47. The molecule has 12 aromatic rings. The Morgan fingerprint density at radius 1 is 0.257 bits per heavy atom. The SMILES string of the molecule is Cc1cccc(N(c2ccccc2)c2cc(N(c3ccc(-c4ccc5sc6ccccc6c5c4)cc3)c3ccc(-c4cccc5ccccc45)cc3)cc(N(c3ccccc3)c3cccc(C)c3)c2)c1. The van der Waals surface area contributed by atoms with Gasteiger partial charge in [-0.15, -0.1) is 11.3 Å². The van der Waals surface area contributed by atoms with Crippen molar-refractivity contribution in [1.29, 1.82) is 0 Å². The highest BCUT2D eigenvalue weighted by atomic mass is 32.1. The first-order chi connectivity index (χ1) is 34.5. The second-order valence-electron chi connectivity index (χ2n) is 18.0. The Morgan fingerprint density at radius 3 is 1.27 bits per heavy atom. The minimum Gasteiger partial charge on any atom is -0.310 e. The summed E-state index contributed by atoms with van der Waals surface area (Å²) >= 11 is 1.85. The topological polar surface area (TPSA) is 9.72 Å². The third-order valence-corrected chi connectivity index (χ3v) is 14.4. The van der Waals surface area contributed by atoms with E-state index in [1.54, 1.807) is 0 Å². The molecule has 0 amide bonds. The van der Waals surface area contributed by atoms with Crippen molar-refractivity contribution in [3.05, 3.63) is 272 Å². The maximum Gasteiger partial charge on any atom is 0.0503 e. The molecular weight excluding hydrogens is 867 g/mol. The normalized spacial score (nSPS) is 11.3. The average molecular weight is 916 g/mol. The van der Waals surface area contributed by atoms with Gasteiger partial charge in [0.25, 0.3) is 0 Å². The van der Waals surface area contributed by atoms with Gasteiger partial charge in [-0.1, -0.05) is 152 Å². The summed E-state index contributed by atoms with van der Waals surface area (Å²) in [7, 11) is 0. The van der Waals surface area contributed by atoms with Crippen molar-refractivity contribution in [3.63, 3.8) is 0 Å². The van der Waals surface area contributed by atoms with Gasteiger partial charge in [0.1, 0.15) is 0 Å². The first-order valence-electron chi connectivity index (χ1n) is 23.9. The third kappa shape index (κ3) is 8.25. The highest BCUT2D eigenvalue weighted by molar-refractivity contribution is 7.25. The van der Waals surface area contributed by atoms with Gasteiger partial charge in [-0.3, -0.25) is 0 Å². The van der Waals surface area contributed by atoms with E-state index in [0.29, 0.717) is 0 Å². The Bertz CT molecular complexity index is 3690. The molecule has 3 nitrogen and oxygen atoms in total. The highest BCUT2D eigenvalue weighted by Gasteiger charge is 2.23. The van der Waals surface area contributed by atoms with Crippen LogP contribution in [0.25, 0.3) is 53.2 Å². The summed E-state index contributed by atoms with van der Waals surface area (Å²) in [4.78, 5) is 7.18. The van der Waals surface area contributed by atoms with Gasteiger partial charge in [-0.25, -0.2) is 0 Å². The fourth-order valence-electron chi connectivity index (χ4n) is 9.97. The average Bonchev–Trinajstić information content (AvgIpc) is 3.78. The van der Waals surface area contributed by atoms with E-state index in [2.05, 4.69) is 289 Å². The third-order valence-electron chi connectivity index (χ3n) is 13.3. The first kappa shape index (κ1) is 42.6. The Kier molecular flexibility index (Phi) is 11.2. The molecule has 0 fully saturated rings. The van der Waals surface area contributed by atoms with Gasteiger partial charge in [0.05, 0.1) is 17.1 Å². The van der Waals surface area contributed by atoms with Gasteiger partial charge >= 0.3 is 0 Å². The van der Waals surface area contributed by atoms with Crippen LogP contribution in [0, 0.1) is 13.8 Å². The quantitative estimate of drug-likeness (QED) is 0.128. The molecule has 0 spiro atoms. The Hall–Kier alpha value is -8.70. The number of hydrogen-bond acceptors (Lipinski definition) is 4. The summed E-state index contributed by atoms with van der Waals surface area (Å²) in [6.45, 7) is 4.33. The molecule has 0 radical (unpaired) electrons. The van der Waals surface area contributed by atoms with Crippen LogP contribution in [-0.2, 0) is 0 Å². The number of benzene rings is 11. The van der Waals surface area contributed by atoms with Crippen molar-refractivity contribution in [2.45, 2.75) is 13.8 Å². The Labute approximate surface area is 414 Å². The van der Waals surface area contributed by atoms with E-state index in [0.717, 1.165) is 51.2 Å². The second-order valence-corrected chi connectivity index (χ2v) is 19.1. The van der Waals surface area contributed by atoms with Crippen LogP contribution in [0.4, 0.5) is 51.2 Å². The molecule has 0 aliphatic rings. The lowest BCUT2D eigenvalue weighted by Crippen LogP contribution is -2.16. The zero-order valence-corrected chi connectivity index (χ0v) is 39.9. The van der Waals surface area contributed by atoms with E-state index in [4.69, 9.17) is 0 Å². The summed E-state index contributed by atoms with van der Waals surface area (Å²) < 4.78 is 2.62. The zero-order valence-electron chi connectivity index (χ0n) is 39.1. The Morgan fingerprint density at radius 2 is 0.686 bits per heavy atom. The number of aryl methyl sites for hydroxylation is 2. The molecule has 334 valence electrons. The van der Waals surface area contributed by atoms with Crippen LogP contribution in [-0.4, -0.2) is 0 Å². The van der Waals surface area contributed by atoms with Crippen molar-refractivity contribution in [2.24, 2.45) is 0 Å². The molecule has 0 saturated carbocycles. The van der Waals surface area contributed by atoms with E-state index in [1.807, 2.05) is 11.3 Å². The number of hydrogen-bond donors (Lipinski definition) is 0. The van der Waals surface area contributed by atoms with E-state index in [1.165, 1.54) is 64.3 Å². The number of anilines is 9. The number of thiophene rings is 1. The molecule has 12 rings (SSSR count). The molecule has 1 heterocycles. The minimum absolute atomic E-state index is 1.02. The summed E-state index contributed by atoms with van der Waals surface area (Å²) in [5.74, 6) is 0. The van der Waals surface area contributed by atoms with Gasteiger partial charge in [-0.2, -0.15) is 0 Å². The van der Waals surface area contributed by atoms with Gasteiger partial charge in [-0.05, 0) is 167 Å².